The Kier molecular flexibility index (Phi) is 1.92. The molecule has 0 saturated carbocycles. The number of rotatable bonds is 1. The Morgan fingerprint density at radius 1 is 1.43 bits per heavy atom. The van der Waals surface area contributed by atoms with E-state index in [0.717, 1.165) is 5.56 Å². The van der Waals surface area contributed by atoms with Crippen LogP contribution in [0, 0.1) is 5.82 Å². The summed E-state index contributed by atoms with van der Waals surface area (Å²) in [5.41, 5.74) is 6.31. The van der Waals surface area contributed by atoms with Gasteiger partial charge in [-0.3, -0.25) is 0 Å². The Labute approximate surface area is 80.2 Å². The lowest BCUT2D eigenvalue weighted by Crippen LogP contribution is -1.95. The van der Waals surface area contributed by atoms with Crippen LogP contribution in [0.5, 0.6) is 0 Å². The van der Waals surface area contributed by atoms with Gasteiger partial charge < -0.3 is 10.3 Å². The molecule has 2 N–H and O–H groups in total. The van der Waals surface area contributed by atoms with Crippen LogP contribution in [-0.2, 0) is 7.05 Å². The van der Waals surface area contributed by atoms with Gasteiger partial charge in [-0.25, -0.2) is 4.39 Å². The lowest BCUT2D eigenvalue weighted by Gasteiger charge is -2.02. The molecule has 1 heterocycles. The third-order valence-corrected chi connectivity index (χ3v) is 1.97. The fraction of sp³-hybridized carbons (Fsp3) is 0.111. The number of anilines is 1. The van der Waals surface area contributed by atoms with E-state index in [4.69, 9.17) is 5.73 Å². The highest BCUT2D eigenvalue weighted by molar-refractivity contribution is 5.61. The lowest BCUT2D eigenvalue weighted by molar-refractivity contribution is 0.632. The quantitative estimate of drug-likeness (QED) is 0.691. The molecule has 0 aliphatic carbocycles. The van der Waals surface area contributed by atoms with Crippen molar-refractivity contribution in [1.29, 1.82) is 0 Å². The molecular weight excluding hydrogens is 183 g/mol. The molecule has 1 aromatic heterocycles. The number of halogens is 1. The summed E-state index contributed by atoms with van der Waals surface area (Å²) >= 11 is 0. The Morgan fingerprint density at radius 2 is 2.21 bits per heavy atom. The smallest absolute Gasteiger partial charge is 0.163 e. The Hall–Kier alpha value is -1.91. The van der Waals surface area contributed by atoms with E-state index >= 15 is 0 Å². The van der Waals surface area contributed by atoms with Crippen LogP contribution in [0.2, 0.25) is 0 Å². The highest BCUT2D eigenvalue weighted by Crippen LogP contribution is 2.20. The van der Waals surface area contributed by atoms with Crippen molar-refractivity contribution >= 4 is 5.69 Å². The number of nitrogen functional groups attached to an aromatic ring is 1. The highest BCUT2D eigenvalue weighted by atomic mass is 19.1. The number of hydrogen-bond donors (Lipinski definition) is 1. The van der Waals surface area contributed by atoms with Crippen LogP contribution in [0.4, 0.5) is 10.1 Å². The van der Waals surface area contributed by atoms with Crippen molar-refractivity contribution < 1.29 is 4.39 Å². The molecule has 1 aromatic carbocycles. The third-order valence-electron chi connectivity index (χ3n) is 1.97. The number of nitrogens with zero attached hydrogens (tertiary/aromatic N) is 3. The van der Waals surface area contributed by atoms with E-state index in [1.807, 2.05) is 7.05 Å². The molecule has 5 heteroatoms. The highest BCUT2D eigenvalue weighted by Gasteiger charge is 2.06. The standard InChI is InChI=1S/C9H9FN4/c1-14-5-12-13-9(14)6-2-3-7(10)8(11)4-6/h2-5H,11H2,1H3. The van der Waals surface area contributed by atoms with E-state index in [-0.39, 0.29) is 5.69 Å². The first kappa shape index (κ1) is 8.68. The topological polar surface area (TPSA) is 56.7 Å². The van der Waals surface area contributed by atoms with Crippen molar-refractivity contribution in [1.82, 2.24) is 14.8 Å². The Morgan fingerprint density at radius 3 is 2.79 bits per heavy atom. The normalized spacial score (nSPS) is 10.4. The molecule has 0 saturated heterocycles. The van der Waals surface area contributed by atoms with Gasteiger partial charge in [-0.05, 0) is 18.2 Å². The van der Waals surface area contributed by atoms with E-state index < -0.39 is 5.82 Å². The summed E-state index contributed by atoms with van der Waals surface area (Å²) in [4.78, 5) is 0. The zero-order valence-corrected chi connectivity index (χ0v) is 7.61. The maximum atomic E-state index is 12.9. The number of hydrogen-bond acceptors (Lipinski definition) is 3. The van der Waals surface area contributed by atoms with Crippen LogP contribution in [0.25, 0.3) is 11.4 Å². The molecule has 4 nitrogen and oxygen atoms in total. The van der Waals surface area contributed by atoms with E-state index in [0.29, 0.717) is 5.82 Å². The number of nitrogens with two attached hydrogens (primary N) is 1. The average Bonchev–Trinajstić information content (AvgIpc) is 2.57. The maximum absolute atomic E-state index is 12.9. The van der Waals surface area contributed by atoms with Crippen LogP contribution in [0.3, 0.4) is 0 Å². The Balaban J connectivity index is 2.53. The first-order valence-electron chi connectivity index (χ1n) is 4.08. The van der Waals surface area contributed by atoms with Gasteiger partial charge in [-0.2, -0.15) is 0 Å². The van der Waals surface area contributed by atoms with Crippen molar-refractivity contribution in [3.63, 3.8) is 0 Å². The molecule has 0 amide bonds. The molecule has 0 spiro atoms. The van der Waals surface area contributed by atoms with E-state index in [2.05, 4.69) is 10.2 Å². The fourth-order valence-corrected chi connectivity index (χ4v) is 1.23. The minimum absolute atomic E-state index is 0.116. The van der Waals surface area contributed by atoms with Crippen molar-refractivity contribution in [3.05, 3.63) is 30.3 Å². The maximum Gasteiger partial charge on any atom is 0.163 e. The molecule has 0 aliphatic rings. The van der Waals surface area contributed by atoms with Crippen LogP contribution in [0.1, 0.15) is 0 Å². The molecule has 0 atom stereocenters. The third kappa shape index (κ3) is 1.32. The van der Waals surface area contributed by atoms with E-state index in [1.165, 1.54) is 6.07 Å². The molecule has 2 rings (SSSR count). The first-order chi connectivity index (χ1) is 6.68. The van der Waals surface area contributed by atoms with Crippen molar-refractivity contribution in [2.75, 3.05) is 5.73 Å². The van der Waals surface area contributed by atoms with Gasteiger partial charge in [0, 0.05) is 12.6 Å². The molecule has 72 valence electrons. The summed E-state index contributed by atoms with van der Waals surface area (Å²) in [5, 5.41) is 7.62. The molecule has 14 heavy (non-hydrogen) atoms. The molecule has 0 unspecified atom stereocenters. The van der Waals surface area contributed by atoms with Crippen LogP contribution in [-0.4, -0.2) is 14.8 Å². The van der Waals surface area contributed by atoms with E-state index in [1.54, 1.807) is 23.0 Å². The molecule has 0 bridgehead atoms. The molecule has 0 aliphatic heterocycles. The van der Waals surface area contributed by atoms with Gasteiger partial charge in [0.15, 0.2) is 5.82 Å². The predicted octanol–water partition coefficient (Wildman–Crippen LogP) is 1.20. The molecule has 2 aromatic rings. The average molecular weight is 192 g/mol. The van der Waals surface area contributed by atoms with Gasteiger partial charge in [-0.15, -0.1) is 10.2 Å². The zero-order valence-electron chi connectivity index (χ0n) is 7.61. The van der Waals surface area contributed by atoms with Crippen molar-refractivity contribution in [3.8, 4) is 11.4 Å². The summed E-state index contributed by atoms with van der Waals surface area (Å²) in [5.74, 6) is 0.243. The van der Waals surface area contributed by atoms with Crippen LogP contribution >= 0.6 is 0 Å². The zero-order chi connectivity index (χ0) is 10.1. The van der Waals surface area contributed by atoms with Gasteiger partial charge >= 0.3 is 0 Å². The van der Waals surface area contributed by atoms with Crippen molar-refractivity contribution in [2.24, 2.45) is 7.05 Å². The van der Waals surface area contributed by atoms with Gasteiger partial charge in [0.1, 0.15) is 12.1 Å². The van der Waals surface area contributed by atoms with Crippen LogP contribution < -0.4 is 5.73 Å². The van der Waals surface area contributed by atoms with Crippen molar-refractivity contribution in [2.45, 2.75) is 0 Å². The summed E-state index contributed by atoms with van der Waals surface area (Å²) in [6.45, 7) is 0. The minimum Gasteiger partial charge on any atom is -0.396 e. The van der Waals surface area contributed by atoms with Gasteiger partial charge in [0.05, 0.1) is 5.69 Å². The van der Waals surface area contributed by atoms with Gasteiger partial charge in [0.2, 0.25) is 0 Å². The lowest BCUT2D eigenvalue weighted by atomic mass is 10.2. The predicted molar refractivity (Wildman–Crippen MR) is 50.8 cm³/mol. The Bertz CT molecular complexity index is 464. The molecule has 0 fully saturated rings. The number of aryl methyl sites for hydroxylation is 1. The van der Waals surface area contributed by atoms with Gasteiger partial charge in [-0.1, -0.05) is 0 Å². The molecular formula is C9H9FN4. The second-order valence-corrected chi connectivity index (χ2v) is 3.00. The largest absolute Gasteiger partial charge is 0.396 e. The fourth-order valence-electron chi connectivity index (χ4n) is 1.23. The summed E-state index contributed by atoms with van der Waals surface area (Å²) in [6.07, 6.45) is 1.58. The summed E-state index contributed by atoms with van der Waals surface area (Å²) < 4.78 is 14.6. The summed E-state index contributed by atoms with van der Waals surface area (Å²) in [7, 11) is 1.81. The second-order valence-electron chi connectivity index (χ2n) is 3.00. The minimum atomic E-state index is -0.420. The first-order valence-corrected chi connectivity index (χ1v) is 4.08. The number of aromatic nitrogens is 3. The monoisotopic (exact) mass is 192 g/mol. The molecule has 0 radical (unpaired) electrons. The second kappa shape index (κ2) is 3.10. The number of benzene rings is 1. The SMILES string of the molecule is Cn1cnnc1-c1ccc(F)c(N)c1. The summed E-state index contributed by atoms with van der Waals surface area (Å²) in [6, 6.07) is 4.48. The van der Waals surface area contributed by atoms with Gasteiger partial charge in [0.25, 0.3) is 0 Å². The van der Waals surface area contributed by atoms with Crippen LogP contribution in [0.15, 0.2) is 24.5 Å². The van der Waals surface area contributed by atoms with E-state index in [9.17, 15) is 4.39 Å².